The summed E-state index contributed by atoms with van der Waals surface area (Å²) in [6, 6.07) is 28.7. The second kappa shape index (κ2) is 28.2. The van der Waals surface area contributed by atoms with Gasteiger partial charge in [0.15, 0.2) is 0 Å². The number of aromatic nitrogens is 1. The molecule has 4 rings (SSSR count). The molecule has 0 bridgehead atoms. The van der Waals surface area contributed by atoms with E-state index in [1.54, 1.807) is 0 Å². The van der Waals surface area contributed by atoms with E-state index in [-0.39, 0.29) is 47.7 Å². The van der Waals surface area contributed by atoms with Crippen LogP contribution >= 0.6 is 0 Å². The van der Waals surface area contributed by atoms with Gasteiger partial charge < -0.3 is 43.3 Å². The maximum atomic E-state index is 7.40. The van der Waals surface area contributed by atoms with Gasteiger partial charge in [-0.1, -0.05) is 95.6 Å². The molecule has 1 aromatic heterocycles. The second-order valence-corrected chi connectivity index (χ2v) is 13.8. The molecule has 0 saturated carbocycles. The Hall–Kier alpha value is -4.22. The molecule has 8 nitrogen and oxygen atoms in total. The van der Waals surface area contributed by atoms with Gasteiger partial charge in [0.1, 0.15) is 5.82 Å². The van der Waals surface area contributed by atoms with Crippen LogP contribution in [0.1, 0.15) is 75.3 Å². The Bertz CT molecular complexity index is 1840. The zero-order chi connectivity index (χ0) is 41.7. The summed E-state index contributed by atoms with van der Waals surface area (Å²) in [7, 11) is 3.54. The molecule has 0 aliphatic carbocycles. The first-order valence-corrected chi connectivity index (χ1v) is 19.5. The smallest absolute Gasteiger partial charge is 0.132 e. The van der Waals surface area contributed by atoms with Crippen LogP contribution in [0.3, 0.4) is 0 Å². The van der Waals surface area contributed by atoms with Crippen molar-refractivity contribution in [2.75, 3.05) is 48.8 Å². The van der Waals surface area contributed by atoms with Gasteiger partial charge in [0.25, 0.3) is 0 Å². The predicted molar refractivity (Wildman–Crippen MR) is 246 cm³/mol. The van der Waals surface area contributed by atoms with Crippen molar-refractivity contribution >= 4 is 34.8 Å². The summed E-state index contributed by atoms with van der Waals surface area (Å²) >= 11 is 0. The van der Waals surface area contributed by atoms with Gasteiger partial charge in [0.05, 0.1) is 6.54 Å². The minimum Gasteiger partial charge on any atom is -0.415 e. The number of anilines is 3. The molecule has 0 saturated heterocycles. The van der Waals surface area contributed by atoms with Crippen LogP contribution in [0, 0.1) is 18.8 Å². The number of benzene rings is 3. The number of hydrogen-bond donors (Lipinski definition) is 5. The van der Waals surface area contributed by atoms with Crippen molar-refractivity contribution in [1.82, 2.24) is 15.6 Å². The Kier molecular flexibility index (Phi) is 26.2. The quantitative estimate of drug-likeness (QED) is 0.0322. The molecule has 58 heavy (non-hydrogen) atoms. The van der Waals surface area contributed by atoms with E-state index in [2.05, 4.69) is 139 Å². The molecular weight excluding hydrogens is 1060 g/mol. The summed E-state index contributed by atoms with van der Waals surface area (Å²) in [5.74, 6) is 0.843. The number of nitrogens with zero attached hydrogens (tertiary/aromatic N) is 3. The third-order valence-electron chi connectivity index (χ3n) is 9.17. The van der Waals surface area contributed by atoms with E-state index >= 15 is 0 Å². The Morgan fingerprint density at radius 3 is 2.12 bits per heavy atom. The zero-order valence-corrected chi connectivity index (χ0v) is 42.0. The zero-order valence-electron chi connectivity index (χ0n) is 36.1. The van der Waals surface area contributed by atoms with E-state index < -0.39 is 0 Å². The van der Waals surface area contributed by atoms with Crippen LogP contribution in [-0.2, 0) is 48.6 Å². The molecule has 6 N–H and O–H groups in total. The fraction of sp³-hybridized carbons (Fsp3) is 0.312. The molecule has 4 aromatic rings. The Morgan fingerprint density at radius 1 is 0.914 bits per heavy atom. The molecule has 0 aliphatic heterocycles. The van der Waals surface area contributed by atoms with Crippen LogP contribution in [0.2, 0.25) is 0 Å². The first-order chi connectivity index (χ1) is 26.9. The third kappa shape index (κ3) is 17.3. The summed E-state index contributed by atoms with van der Waals surface area (Å²) in [4.78, 5) is 8.96. The van der Waals surface area contributed by atoms with E-state index in [0.29, 0.717) is 13.1 Å². The Labute approximate surface area is 379 Å². The van der Waals surface area contributed by atoms with Gasteiger partial charge in [0, 0.05) is 114 Å². The van der Waals surface area contributed by atoms with Crippen LogP contribution in [0.25, 0.3) is 11.4 Å². The maximum absolute atomic E-state index is 7.40. The first kappa shape index (κ1) is 53.8. The predicted octanol–water partition coefficient (Wildman–Crippen LogP) is 10.2. The van der Waals surface area contributed by atoms with Crippen molar-refractivity contribution < 1.29 is 42.1 Å². The Balaban J connectivity index is 0.00000525. The summed E-state index contributed by atoms with van der Waals surface area (Å²) in [6.45, 7) is 32.2. The van der Waals surface area contributed by atoms with E-state index in [1.165, 1.54) is 18.8 Å². The molecule has 0 aliphatic rings. The normalized spacial score (nSPS) is 10.0. The van der Waals surface area contributed by atoms with Crippen molar-refractivity contribution in [1.29, 1.82) is 5.41 Å². The number of aryl methyl sites for hydroxylation is 2. The van der Waals surface area contributed by atoms with Crippen LogP contribution < -0.4 is 31.5 Å². The molecule has 3 aromatic carbocycles. The van der Waals surface area contributed by atoms with Crippen molar-refractivity contribution in [3.05, 3.63) is 163 Å². The molecule has 0 radical (unpaired) electrons. The number of pyridine rings is 1. The number of rotatable bonds is 21. The van der Waals surface area contributed by atoms with E-state index in [1.807, 2.05) is 69.6 Å². The monoisotopic (exact) mass is 1120 g/mol. The second-order valence-electron chi connectivity index (χ2n) is 13.8. The molecule has 0 fully saturated rings. The molecule has 1 heterocycles. The molecule has 312 valence electrons. The largest absolute Gasteiger partial charge is 0.415 e. The fourth-order valence-corrected chi connectivity index (χ4v) is 5.97. The minimum absolute atomic E-state index is 0. The number of likely N-dealkylation sites (N-methyl/N-ethyl adjacent to an activating group) is 1. The number of nitrogens with two attached hydrogens (primary N) is 1. The van der Waals surface area contributed by atoms with Gasteiger partial charge >= 0.3 is 0 Å². The van der Waals surface area contributed by atoms with Crippen molar-refractivity contribution in [2.24, 2.45) is 5.73 Å². The van der Waals surface area contributed by atoms with Crippen LogP contribution in [-0.4, -0.2) is 50.5 Å². The topological polar surface area (TPSA) is 105 Å². The van der Waals surface area contributed by atoms with Crippen molar-refractivity contribution in [3.63, 3.8) is 0 Å². The van der Waals surface area contributed by atoms with Crippen molar-refractivity contribution in [2.45, 2.75) is 66.3 Å². The van der Waals surface area contributed by atoms with Crippen LogP contribution in [0.4, 0.5) is 17.2 Å². The average molecular weight is 1120 g/mol. The molecule has 10 heteroatoms. The van der Waals surface area contributed by atoms with E-state index in [0.717, 1.165) is 88.0 Å². The van der Waals surface area contributed by atoms with E-state index in [9.17, 15) is 0 Å². The molecule has 0 unspecified atom stereocenters. The number of nitrogens with one attached hydrogen (secondary N) is 4. The van der Waals surface area contributed by atoms with Gasteiger partial charge in [-0.05, 0) is 98.5 Å². The molecule has 0 amide bonds. The Morgan fingerprint density at radius 2 is 1.55 bits per heavy atom. The van der Waals surface area contributed by atoms with E-state index in [4.69, 9.17) is 5.41 Å². The summed E-state index contributed by atoms with van der Waals surface area (Å²) in [5.41, 5.74) is 15.6. The van der Waals surface area contributed by atoms with Crippen LogP contribution in [0.15, 0.2) is 129 Å². The maximum Gasteiger partial charge on any atom is 0.132 e. The van der Waals surface area contributed by atoms with Gasteiger partial charge in [-0.15, -0.1) is 6.54 Å². The average Bonchev–Trinajstić information content (AvgIpc) is 3.23. The van der Waals surface area contributed by atoms with Gasteiger partial charge in [-0.25, -0.2) is 4.98 Å². The molecule has 0 spiro atoms. The fourth-order valence-electron chi connectivity index (χ4n) is 5.97. The van der Waals surface area contributed by atoms with Gasteiger partial charge in [0.2, 0.25) is 0 Å². The first-order valence-electron chi connectivity index (χ1n) is 19.5. The standard InChI is InChI=1S/C45H56N7.C2H6.CH5N.2W/c1-10-38-15-19-40(20-16-38)36(5)47-28-13-26-45(7,8)50-34(3)25-29-52(44-14-11-12-27-48-44)37(6)41-21-24-43(33(2)30-41)51(9)35(4)32-49-42-22-17-39(31-46)18-23-42;2*1-2;;/h11-24,27,30-31,46-47,49-50H,3-6,10,25-26,28-29,32H2,1-2,7-9H3;1-2H3;2H2,1H3;;/q-1;;;;. The summed E-state index contributed by atoms with van der Waals surface area (Å²) in [5, 5.41) is 17.9. The van der Waals surface area contributed by atoms with Crippen LogP contribution in [0.5, 0.6) is 0 Å². The molecule has 0 atom stereocenters. The van der Waals surface area contributed by atoms with Crippen molar-refractivity contribution in [3.8, 4) is 0 Å². The third-order valence-corrected chi connectivity index (χ3v) is 9.17. The van der Waals surface area contributed by atoms with Gasteiger partial charge in [-0.2, -0.15) is 6.42 Å². The van der Waals surface area contributed by atoms with Gasteiger partial charge in [-0.3, -0.25) is 0 Å². The number of hydrogen-bond acceptors (Lipinski definition) is 8. The minimum atomic E-state index is -0.167. The summed E-state index contributed by atoms with van der Waals surface area (Å²) in [6.07, 6.45) is 8.02. The summed E-state index contributed by atoms with van der Waals surface area (Å²) < 4.78 is 0. The SMILES string of the molecule is C=C(CCN(C(=C)c1ccc(N(C)C(=C)CNc2ccc(C=N)cc2)c(C)c1)c1ccccn1)NC(C)(C)C[CH-]CNC(=C)c1ccc(CC)cc1.CC.CN.[W].[W]. The molecular formula is C48H67N8W2-.